The molecule has 0 spiro atoms. The van der Waals surface area contributed by atoms with Gasteiger partial charge in [-0.3, -0.25) is 4.79 Å². The van der Waals surface area contributed by atoms with Gasteiger partial charge < -0.3 is 15.8 Å². The Morgan fingerprint density at radius 2 is 2.29 bits per heavy atom. The lowest BCUT2D eigenvalue weighted by atomic mass is 9.95. The third kappa shape index (κ3) is 2.45. The number of nitrogens with one attached hydrogen (secondary N) is 1. The molecule has 4 heteroatoms. The van der Waals surface area contributed by atoms with E-state index in [9.17, 15) is 4.79 Å². The number of hydrogen-bond acceptors (Lipinski definition) is 3. The fourth-order valence-corrected chi connectivity index (χ4v) is 1.28. The standard InChI is InChI=1S/C10H20N2O2/c1-4-9(2,3)12-8(13)10(11)5-6-14-7-10/h4-7,11H2,1-3H3,(H,12,13). The summed E-state index contributed by atoms with van der Waals surface area (Å²) >= 11 is 0. The van der Waals surface area contributed by atoms with Gasteiger partial charge in [-0.1, -0.05) is 6.92 Å². The second-order valence-corrected chi connectivity index (χ2v) is 4.65. The van der Waals surface area contributed by atoms with Crippen molar-refractivity contribution in [3.63, 3.8) is 0 Å². The molecule has 1 atom stereocenters. The highest BCUT2D eigenvalue weighted by Gasteiger charge is 2.39. The largest absolute Gasteiger partial charge is 0.379 e. The molecule has 1 aliphatic rings. The number of carbonyl (C=O) groups excluding carboxylic acids is 1. The molecule has 1 aliphatic heterocycles. The highest BCUT2D eigenvalue weighted by Crippen LogP contribution is 2.17. The first-order valence-electron chi connectivity index (χ1n) is 5.09. The average Bonchev–Trinajstić information content (AvgIpc) is 2.53. The van der Waals surface area contributed by atoms with E-state index >= 15 is 0 Å². The van der Waals surface area contributed by atoms with Gasteiger partial charge in [0, 0.05) is 12.1 Å². The molecule has 82 valence electrons. The molecule has 0 saturated carbocycles. The zero-order chi connectivity index (χ0) is 10.8. The normalized spacial score (nSPS) is 27.7. The van der Waals surface area contributed by atoms with E-state index in [-0.39, 0.29) is 11.4 Å². The molecule has 0 bridgehead atoms. The molecule has 1 rings (SSSR count). The topological polar surface area (TPSA) is 64.4 Å². The fraction of sp³-hybridized carbons (Fsp3) is 0.900. The lowest BCUT2D eigenvalue weighted by Gasteiger charge is -2.30. The molecule has 0 aromatic carbocycles. The maximum Gasteiger partial charge on any atom is 0.242 e. The molecular weight excluding hydrogens is 180 g/mol. The van der Waals surface area contributed by atoms with Gasteiger partial charge in [-0.2, -0.15) is 0 Å². The van der Waals surface area contributed by atoms with E-state index < -0.39 is 5.54 Å². The summed E-state index contributed by atoms with van der Waals surface area (Å²) in [6.45, 7) is 6.93. The smallest absolute Gasteiger partial charge is 0.242 e. The number of rotatable bonds is 3. The van der Waals surface area contributed by atoms with E-state index in [1.165, 1.54) is 0 Å². The Bertz CT molecular complexity index is 220. The van der Waals surface area contributed by atoms with Gasteiger partial charge in [-0.15, -0.1) is 0 Å². The van der Waals surface area contributed by atoms with Crippen molar-refractivity contribution in [2.45, 2.75) is 44.7 Å². The van der Waals surface area contributed by atoms with Crippen molar-refractivity contribution >= 4 is 5.91 Å². The summed E-state index contributed by atoms with van der Waals surface area (Å²) in [4.78, 5) is 11.8. The van der Waals surface area contributed by atoms with Crippen LogP contribution in [0.25, 0.3) is 0 Å². The van der Waals surface area contributed by atoms with Gasteiger partial charge in [0.15, 0.2) is 0 Å². The highest BCUT2D eigenvalue weighted by atomic mass is 16.5. The van der Waals surface area contributed by atoms with E-state index in [0.717, 1.165) is 6.42 Å². The monoisotopic (exact) mass is 200 g/mol. The van der Waals surface area contributed by atoms with Crippen LogP contribution in [-0.4, -0.2) is 30.2 Å². The molecule has 0 radical (unpaired) electrons. The quantitative estimate of drug-likeness (QED) is 0.693. The molecule has 1 unspecified atom stereocenters. The van der Waals surface area contributed by atoms with Crippen LogP contribution in [-0.2, 0) is 9.53 Å². The second-order valence-electron chi connectivity index (χ2n) is 4.65. The second kappa shape index (κ2) is 3.87. The molecule has 1 saturated heterocycles. The number of nitrogens with two attached hydrogens (primary N) is 1. The van der Waals surface area contributed by atoms with Crippen molar-refractivity contribution in [1.29, 1.82) is 0 Å². The van der Waals surface area contributed by atoms with Crippen LogP contribution >= 0.6 is 0 Å². The van der Waals surface area contributed by atoms with Crippen LogP contribution in [0.5, 0.6) is 0 Å². The molecular formula is C10H20N2O2. The Labute approximate surface area is 85.2 Å². The third-order valence-corrected chi connectivity index (χ3v) is 2.84. The molecule has 1 fully saturated rings. The van der Waals surface area contributed by atoms with Crippen LogP contribution in [0.1, 0.15) is 33.6 Å². The molecule has 1 amide bonds. The van der Waals surface area contributed by atoms with Gasteiger partial charge >= 0.3 is 0 Å². The van der Waals surface area contributed by atoms with E-state index in [1.807, 2.05) is 20.8 Å². The molecule has 0 aromatic rings. The number of ether oxygens (including phenoxy) is 1. The predicted octanol–water partition coefficient (Wildman–Crippen LogP) is 0.409. The lowest BCUT2D eigenvalue weighted by molar-refractivity contribution is -0.128. The zero-order valence-corrected chi connectivity index (χ0v) is 9.22. The summed E-state index contributed by atoms with van der Waals surface area (Å²) < 4.78 is 5.14. The average molecular weight is 200 g/mol. The van der Waals surface area contributed by atoms with Gasteiger partial charge in [0.2, 0.25) is 5.91 Å². The number of hydrogen-bond donors (Lipinski definition) is 2. The molecule has 14 heavy (non-hydrogen) atoms. The van der Waals surface area contributed by atoms with Crippen LogP contribution in [0.15, 0.2) is 0 Å². The predicted molar refractivity (Wildman–Crippen MR) is 54.9 cm³/mol. The van der Waals surface area contributed by atoms with E-state index in [4.69, 9.17) is 10.5 Å². The summed E-state index contributed by atoms with van der Waals surface area (Å²) in [5, 5.41) is 2.94. The summed E-state index contributed by atoms with van der Waals surface area (Å²) in [6.07, 6.45) is 1.49. The minimum absolute atomic E-state index is 0.0955. The number of carbonyl (C=O) groups is 1. The van der Waals surface area contributed by atoms with Crippen LogP contribution in [0.3, 0.4) is 0 Å². The van der Waals surface area contributed by atoms with Crippen molar-refractivity contribution in [2.24, 2.45) is 5.73 Å². The highest BCUT2D eigenvalue weighted by molar-refractivity contribution is 5.87. The van der Waals surface area contributed by atoms with E-state index in [2.05, 4.69) is 5.32 Å². The van der Waals surface area contributed by atoms with Crippen LogP contribution in [0.2, 0.25) is 0 Å². The van der Waals surface area contributed by atoms with E-state index in [1.54, 1.807) is 0 Å². The van der Waals surface area contributed by atoms with E-state index in [0.29, 0.717) is 19.6 Å². The summed E-state index contributed by atoms with van der Waals surface area (Å²) in [5.41, 5.74) is 4.93. The first-order valence-corrected chi connectivity index (χ1v) is 5.09. The summed E-state index contributed by atoms with van der Waals surface area (Å²) in [5.74, 6) is -0.0955. The maximum atomic E-state index is 11.8. The van der Waals surface area contributed by atoms with Crippen LogP contribution < -0.4 is 11.1 Å². The third-order valence-electron chi connectivity index (χ3n) is 2.84. The Morgan fingerprint density at radius 3 is 2.71 bits per heavy atom. The Balaban J connectivity index is 2.57. The Hall–Kier alpha value is -0.610. The van der Waals surface area contributed by atoms with Gasteiger partial charge in [-0.05, 0) is 26.7 Å². The number of amides is 1. The van der Waals surface area contributed by atoms with Crippen LogP contribution in [0.4, 0.5) is 0 Å². The van der Waals surface area contributed by atoms with Gasteiger partial charge in [0.1, 0.15) is 5.54 Å². The maximum absolute atomic E-state index is 11.8. The van der Waals surface area contributed by atoms with Crippen molar-refractivity contribution in [2.75, 3.05) is 13.2 Å². The fourth-order valence-electron chi connectivity index (χ4n) is 1.28. The molecule has 0 aliphatic carbocycles. The zero-order valence-electron chi connectivity index (χ0n) is 9.22. The van der Waals surface area contributed by atoms with Crippen molar-refractivity contribution < 1.29 is 9.53 Å². The van der Waals surface area contributed by atoms with Gasteiger partial charge in [-0.25, -0.2) is 0 Å². The lowest BCUT2D eigenvalue weighted by Crippen LogP contribution is -2.59. The minimum Gasteiger partial charge on any atom is -0.379 e. The SMILES string of the molecule is CCC(C)(C)NC(=O)C1(N)CCOC1. The Kier molecular flexibility index (Phi) is 3.17. The first kappa shape index (κ1) is 11.5. The Morgan fingerprint density at radius 1 is 1.64 bits per heavy atom. The molecule has 4 nitrogen and oxygen atoms in total. The molecule has 3 N–H and O–H groups in total. The summed E-state index contributed by atoms with van der Waals surface area (Å²) in [7, 11) is 0. The summed E-state index contributed by atoms with van der Waals surface area (Å²) in [6, 6.07) is 0. The van der Waals surface area contributed by atoms with Gasteiger partial charge in [0.25, 0.3) is 0 Å². The van der Waals surface area contributed by atoms with Crippen molar-refractivity contribution in [3.8, 4) is 0 Å². The minimum atomic E-state index is -0.813. The van der Waals surface area contributed by atoms with Crippen LogP contribution in [0, 0.1) is 0 Å². The van der Waals surface area contributed by atoms with Crippen molar-refractivity contribution in [3.05, 3.63) is 0 Å². The van der Waals surface area contributed by atoms with Crippen molar-refractivity contribution in [1.82, 2.24) is 5.32 Å². The van der Waals surface area contributed by atoms with Gasteiger partial charge in [0.05, 0.1) is 6.61 Å². The first-order chi connectivity index (χ1) is 6.40. The molecule has 0 aromatic heterocycles. The molecule has 1 heterocycles.